The van der Waals surface area contributed by atoms with Gasteiger partial charge in [-0.1, -0.05) is 12.8 Å². The molecule has 13 heavy (non-hydrogen) atoms. The Morgan fingerprint density at radius 1 is 1.38 bits per heavy atom. The van der Waals surface area contributed by atoms with Crippen LogP contribution in [0.1, 0.15) is 33.6 Å². The number of hydrogen-bond acceptors (Lipinski definition) is 1. The summed E-state index contributed by atoms with van der Waals surface area (Å²) < 4.78 is 0. The first kappa shape index (κ1) is 10.1. The number of carbonyl (C=O) groups is 1. The van der Waals surface area contributed by atoms with Gasteiger partial charge in [0, 0.05) is 12.6 Å². The molecule has 0 aromatic carbocycles. The van der Waals surface area contributed by atoms with Crippen LogP contribution in [-0.4, -0.2) is 23.4 Å². The Labute approximate surface area is 80.3 Å². The molecule has 0 bridgehead atoms. The maximum Gasteiger partial charge on any atom is 0.298 e. The lowest BCUT2D eigenvalue weighted by atomic mass is 9.95. The largest absolute Gasteiger partial charge is 0.329 e. The molecule has 2 atom stereocenters. The molecule has 1 amide bonds. The van der Waals surface area contributed by atoms with E-state index in [1.54, 1.807) is 6.92 Å². The van der Waals surface area contributed by atoms with Crippen LogP contribution in [0.4, 0.5) is 0 Å². The van der Waals surface area contributed by atoms with Crippen LogP contribution in [0.2, 0.25) is 0 Å². The summed E-state index contributed by atoms with van der Waals surface area (Å²) in [5.74, 6) is 5.87. The van der Waals surface area contributed by atoms with Crippen molar-refractivity contribution in [1.82, 2.24) is 4.90 Å². The van der Waals surface area contributed by atoms with Crippen molar-refractivity contribution in [3.05, 3.63) is 0 Å². The third-order valence-corrected chi connectivity index (χ3v) is 2.61. The highest BCUT2D eigenvalue weighted by atomic mass is 16.2. The van der Waals surface area contributed by atoms with Gasteiger partial charge < -0.3 is 4.90 Å². The van der Waals surface area contributed by atoms with Crippen LogP contribution in [0.25, 0.3) is 0 Å². The predicted octanol–water partition coefficient (Wildman–Crippen LogP) is 1.66. The maximum atomic E-state index is 11.5. The van der Waals surface area contributed by atoms with Crippen molar-refractivity contribution in [2.45, 2.75) is 39.7 Å². The van der Waals surface area contributed by atoms with E-state index in [-0.39, 0.29) is 5.91 Å². The van der Waals surface area contributed by atoms with E-state index >= 15 is 0 Å². The van der Waals surface area contributed by atoms with Gasteiger partial charge in [0.25, 0.3) is 5.91 Å². The van der Waals surface area contributed by atoms with E-state index in [0.29, 0.717) is 12.0 Å². The van der Waals surface area contributed by atoms with E-state index in [9.17, 15) is 4.79 Å². The zero-order valence-corrected chi connectivity index (χ0v) is 8.63. The highest BCUT2D eigenvalue weighted by molar-refractivity contribution is 5.93. The summed E-state index contributed by atoms with van der Waals surface area (Å²) in [4.78, 5) is 13.4. The molecule has 1 fully saturated rings. The van der Waals surface area contributed by atoms with E-state index in [1.165, 1.54) is 6.42 Å². The molecule has 1 aliphatic rings. The van der Waals surface area contributed by atoms with Crippen molar-refractivity contribution in [3.8, 4) is 11.8 Å². The zero-order chi connectivity index (χ0) is 9.84. The molecule has 0 aromatic rings. The maximum absolute atomic E-state index is 11.5. The van der Waals surface area contributed by atoms with Gasteiger partial charge in [-0.2, -0.15) is 0 Å². The summed E-state index contributed by atoms with van der Waals surface area (Å²) in [5.41, 5.74) is 0. The molecule has 1 saturated heterocycles. The Kier molecular flexibility index (Phi) is 3.36. The molecule has 0 saturated carbocycles. The predicted molar refractivity (Wildman–Crippen MR) is 53.0 cm³/mol. The molecule has 0 radical (unpaired) electrons. The SMILES string of the molecule is CC#CC(=O)N1CC(C)CCC1C. The Bertz CT molecular complexity index is 249. The average Bonchev–Trinajstić information content (AvgIpc) is 2.09. The van der Waals surface area contributed by atoms with E-state index in [4.69, 9.17) is 0 Å². The third kappa shape index (κ3) is 2.48. The second kappa shape index (κ2) is 4.32. The fourth-order valence-electron chi connectivity index (χ4n) is 1.75. The van der Waals surface area contributed by atoms with Crippen molar-refractivity contribution in [1.29, 1.82) is 0 Å². The first-order chi connectivity index (χ1) is 6.15. The number of piperidine rings is 1. The lowest BCUT2D eigenvalue weighted by Crippen LogP contribution is -2.44. The van der Waals surface area contributed by atoms with Gasteiger partial charge in [-0.25, -0.2) is 0 Å². The van der Waals surface area contributed by atoms with Crippen LogP contribution < -0.4 is 0 Å². The second-order valence-corrected chi connectivity index (χ2v) is 3.86. The highest BCUT2D eigenvalue weighted by Gasteiger charge is 2.25. The number of hydrogen-bond donors (Lipinski definition) is 0. The fraction of sp³-hybridized carbons (Fsp3) is 0.727. The van der Waals surface area contributed by atoms with Crippen molar-refractivity contribution >= 4 is 5.91 Å². The molecular weight excluding hydrogens is 162 g/mol. The smallest absolute Gasteiger partial charge is 0.298 e. The van der Waals surface area contributed by atoms with Gasteiger partial charge in [-0.05, 0) is 38.5 Å². The fourth-order valence-corrected chi connectivity index (χ4v) is 1.75. The van der Waals surface area contributed by atoms with Crippen LogP contribution in [-0.2, 0) is 4.79 Å². The minimum Gasteiger partial charge on any atom is -0.329 e. The number of rotatable bonds is 0. The van der Waals surface area contributed by atoms with E-state index < -0.39 is 0 Å². The number of carbonyl (C=O) groups excluding carboxylic acids is 1. The first-order valence-electron chi connectivity index (χ1n) is 4.88. The summed E-state index contributed by atoms with van der Waals surface area (Å²) in [5, 5.41) is 0. The zero-order valence-electron chi connectivity index (χ0n) is 8.63. The summed E-state index contributed by atoms with van der Waals surface area (Å²) in [6.07, 6.45) is 2.34. The van der Waals surface area contributed by atoms with Gasteiger partial charge in [-0.3, -0.25) is 4.79 Å². The first-order valence-corrected chi connectivity index (χ1v) is 4.88. The molecule has 1 heterocycles. The molecule has 0 spiro atoms. The minimum absolute atomic E-state index is 0.0125. The van der Waals surface area contributed by atoms with Gasteiger partial charge in [0.05, 0.1) is 0 Å². The standard InChI is InChI=1S/C11H17NO/c1-4-5-11(13)12-8-9(2)6-7-10(12)3/h9-10H,6-8H2,1-3H3. The topological polar surface area (TPSA) is 20.3 Å². The van der Waals surface area contributed by atoms with Gasteiger partial charge in [0.15, 0.2) is 0 Å². The van der Waals surface area contributed by atoms with Gasteiger partial charge in [-0.15, -0.1) is 0 Å². The minimum atomic E-state index is -0.0125. The molecule has 0 aliphatic carbocycles. The Hall–Kier alpha value is -0.970. The van der Waals surface area contributed by atoms with Crippen molar-refractivity contribution in [2.24, 2.45) is 5.92 Å². The average molecular weight is 179 g/mol. The summed E-state index contributed by atoms with van der Waals surface area (Å²) in [6.45, 7) is 6.86. The van der Waals surface area contributed by atoms with Crippen LogP contribution in [0.15, 0.2) is 0 Å². The molecule has 0 N–H and O–H groups in total. The van der Waals surface area contributed by atoms with E-state index in [1.807, 2.05) is 4.90 Å². The van der Waals surface area contributed by atoms with Gasteiger partial charge >= 0.3 is 0 Å². The number of likely N-dealkylation sites (tertiary alicyclic amines) is 1. The number of amides is 1. The molecule has 0 aromatic heterocycles. The molecule has 2 nitrogen and oxygen atoms in total. The molecule has 2 heteroatoms. The lowest BCUT2D eigenvalue weighted by Gasteiger charge is -2.35. The quantitative estimate of drug-likeness (QED) is 0.518. The Balaban J connectivity index is 2.63. The molecule has 72 valence electrons. The molecular formula is C11H17NO. The van der Waals surface area contributed by atoms with Crippen molar-refractivity contribution in [2.75, 3.05) is 6.54 Å². The van der Waals surface area contributed by atoms with Crippen LogP contribution in [0.3, 0.4) is 0 Å². The van der Waals surface area contributed by atoms with Crippen LogP contribution in [0.5, 0.6) is 0 Å². The van der Waals surface area contributed by atoms with E-state index in [2.05, 4.69) is 25.7 Å². The monoisotopic (exact) mass is 179 g/mol. The normalized spacial score (nSPS) is 27.8. The molecule has 1 rings (SSSR count). The van der Waals surface area contributed by atoms with Crippen LogP contribution >= 0.6 is 0 Å². The van der Waals surface area contributed by atoms with Crippen LogP contribution in [0, 0.1) is 17.8 Å². The second-order valence-electron chi connectivity index (χ2n) is 3.86. The summed E-state index contributed by atoms with van der Waals surface area (Å²) >= 11 is 0. The van der Waals surface area contributed by atoms with Gasteiger partial charge in [0.1, 0.15) is 0 Å². The molecule has 1 aliphatic heterocycles. The summed E-state index contributed by atoms with van der Waals surface area (Å²) in [6, 6.07) is 0.365. The lowest BCUT2D eigenvalue weighted by molar-refractivity contribution is -0.129. The number of nitrogens with zero attached hydrogens (tertiary/aromatic N) is 1. The third-order valence-electron chi connectivity index (χ3n) is 2.61. The highest BCUT2D eigenvalue weighted by Crippen LogP contribution is 2.20. The Morgan fingerprint density at radius 2 is 2.08 bits per heavy atom. The van der Waals surface area contributed by atoms with Crippen molar-refractivity contribution in [3.63, 3.8) is 0 Å². The van der Waals surface area contributed by atoms with Gasteiger partial charge in [0.2, 0.25) is 0 Å². The molecule has 2 unspecified atom stereocenters. The van der Waals surface area contributed by atoms with Crippen molar-refractivity contribution < 1.29 is 4.79 Å². The Morgan fingerprint density at radius 3 is 2.69 bits per heavy atom. The summed E-state index contributed by atoms with van der Waals surface area (Å²) in [7, 11) is 0. The van der Waals surface area contributed by atoms with E-state index in [0.717, 1.165) is 13.0 Å².